The van der Waals surface area contributed by atoms with Crippen molar-refractivity contribution in [3.05, 3.63) is 18.2 Å². The second-order valence-corrected chi connectivity index (χ2v) is 10.4. The minimum Gasteiger partial charge on any atom is -0.343 e. The molecular weight excluding hydrogens is 372 g/mol. The number of fused-ring (bicyclic) bond motifs is 1. The van der Waals surface area contributed by atoms with Crippen LogP contribution in [0.4, 0.5) is 5.69 Å². The van der Waals surface area contributed by atoms with Gasteiger partial charge in [-0.05, 0) is 37.5 Å². The van der Waals surface area contributed by atoms with Crippen LogP contribution in [0.5, 0.6) is 0 Å². The Labute approximate surface area is 158 Å². The first-order valence-corrected chi connectivity index (χ1v) is 11.5. The fourth-order valence-corrected chi connectivity index (χ4v) is 5.57. The summed E-state index contributed by atoms with van der Waals surface area (Å²) >= 11 is 1.55. The van der Waals surface area contributed by atoms with Crippen LogP contribution in [0.3, 0.4) is 0 Å². The van der Waals surface area contributed by atoms with Gasteiger partial charge in [-0.3, -0.25) is 9.59 Å². The Morgan fingerprint density at radius 2 is 2.00 bits per heavy atom. The molecule has 142 valence electrons. The van der Waals surface area contributed by atoms with Crippen LogP contribution < -0.4 is 5.32 Å². The largest absolute Gasteiger partial charge is 0.343 e. The van der Waals surface area contributed by atoms with Crippen molar-refractivity contribution in [3.8, 4) is 0 Å². The summed E-state index contributed by atoms with van der Waals surface area (Å²) in [5.74, 6) is -0.419. The molecule has 2 heterocycles. The van der Waals surface area contributed by atoms with E-state index in [0.29, 0.717) is 12.1 Å². The maximum atomic E-state index is 12.6. The zero-order valence-corrected chi connectivity index (χ0v) is 16.5. The molecule has 2 aliphatic heterocycles. The van der Waals surface area contributed by atoms with Crippen molar-refractivity contribution in [3.63, 3.8) is 0 Å². The van der Waals surface area contributed by atoms with Gasteiger partial charge in [-0.2, -0.15) is 0 Å². The summed E-state index contributed by atoms with van der Waals surface area (Å²) in [4.78, 5) is 26.9. The Morgan fingerprint density at radius 1 is 1.27 bits per heavy atom. The number of piperidine rings is 1. The molecule has 8 heteroatoms. The van der Waals surface area contributed by atoms with E-state index in [-0.39, 0.29) is 34.1 Å². The van der Waals surface area contributed by atoms with E-state index in [4.69, 9.17) is 0 Å². The summed E-state index contributed by atoms with van der Waals surface area (Å²) in [6.45, 7) is 3.41. The highest BCUT2D eigenvalue weighted by molar-refractivity contribution is 8.00. The van der Waals surface area contributed by atoms with Gasteiger partial charge in [0.05, 0.1) is 16.3 Å². The lowest BCUT2D eigenvalue weighted by atomic mass is 10.1. The van der Waals surface area contributed by atoms with E-state index in [9.17, 15) is 18.0 Å². The molecule has 0 spiro atoms. The number of carbonyl (C=O) groups is 2. The predicted octanol–water partition coefficient (Wildman–Crippen LogP) is 2.69. The van der Waals surface area contributed by atoms with Crippen molar-refractivity contribution in [2.45, 2.75) is 54.1 Å². The Morgan fingerprint density at radius 3 is 2.73 bits per heavy atom. The molecule has 0 bridgehead atoms. The monoisotopic (exact) mass is 396 g/mol. The van der Waals surface area contributed by atoms with Crippen LogP contribution in [0.15, 0.2) is 28.0 Å². The number of hydrogen-bond acceptors (Lipinski definition) is 5. The van der Waals surface area contributed by atoms with E-state index in [1.807, 2.05) is 6.92 Å². The Bertz CT molecular complexity index is 801. The molecule has 1 unspecified atom stereocenters. The van der Waals surface area contributed by atoms with Gasteiger partial charge in [-0.25, -0.2) is 8.42 Å². The fraction of sp³-hybridized carbons (Fsp3) is 0.556. The lowest BCUT2D eigenvalue weighted by molar-refractivity contribution is -0.131. The van der Waals surface area contributed by atoms with Crippen molar-refractivity contribution in [1.82, 2.24) is 4.90 Å². The number of nitrogens with zero attached hydrogens (tertiary/aromatic N) is 1. The first-order valence-electron chi connectivity index (χ1n) is 8.96. The number of hydrogen-bond donors (Lipinski definition) is 1. The number of anilines is 1. The maximum absolute atomic E-state index is 12.6. The molecule has 1 fully saturated rings. The third-order valence-corrected chi connectivity index (χ3v) is 7.57. The molecule has 1 aromatic carbocycles. The lowest BCUT2D eigenvalue weighted by Gasteiger charge is -2.26. The Hall–Kier alpha value is -1.54. The van der Waals surface area contributed by atoms with Crippen molar-refractivity contribution < 1.29 is 18.0 Å². The van der Waals surface area contributed by atoms with E-state index in [1.54, 1.807) is 28.8 Å². The molecule has 2 aliphatic rings. The summed E-state index contributed by atoms with van der Waals surface area (Å²) in [6.07, 6.45) is 3.49. The molecule has 6 nitrogen and oxygen atoms in total. The molecule has 1 atom stereocenters. The first-order chi connectivity index (χ1) is 12.3. The molecule has 3 rings (SSSR count). The van der Waals surface area contributed by atoms with E-state index >= 15 is 0 Å². The van der Waals surface area contributed by atoms with Crippen LogP contribution in [-0.2, 0) is 19.4 Å². The van der Waals surface area contributed by atoms with E-state index in [1.165, 1.54) is 6.07 Å². The van der Waals surface area contributed by atoms with Gasteiger partial charge in [-0.1, -0.05) is 6.92 Å². The number of likely N-dealkylation sites (tertiary alicyclic amines) is 1. The number of nitrogens with one attached hydrogen (secondary N) is 1. The van der Waals surface area contributed by atoms with Crippen LogP contribution in [0.2, 0.25) is 0 Å². The zero-order valence-electron chi connectivity index (χ0n) is 14.9. The van der Waals surface area contributed by atoms with E-state index < -0.39 is 9.84 Å². The molecule has 2 amide bonds. The number of rotatable bonds is 4. The average molecular weight is 397 g/mol. The van der Waals surface area contributed by atoms with Crippen LogP contribution in [0, 0.1) is 0 Å². The van der Waals surface area contributed by atoms with Crippen molar-refractivity contribution >= 4 is 39.1 Å². The molecular formula is C18H24N2O4S2. The number of benzene rings is 1. The summed E-state index contributed by atoms with van der Waals surface area (Å²) in [6, 6.07) is 4.82. The standard InChI is InChI=1S/C18H24N2O4S2/c1-13-11-17(21)19-15-12-14(5-6-16(15)25-13)26(23,24)10-7-18(22)20-8-3-2-4-9-20/h5-6,12-13H,2-4,7-11H2,1H3,(H,19,21). The van der Waals surface area contributed by atoms with Gasteiger partial charge in [0.25, 0.3) is 0 Å². The predicted molar refractivity (Wildman–Crippen MR) is 102 cm³/mol. The molecule has 0 aliphatic carbocycles. The van der Waals surface area contributed by atoms with Crippen LogP contribution in [0.1, 0.15) is 39.0 Å². The summed E-state index contributed by atoms with van der Waals surface area (Å²) in [5.41, 5.74) is 0.535. The second kappa shape index (κ2) is 8.00. The summed E-state index contributed by atoms with van der Waals surface area (Å²) in [7, 11) is -3.58. The van der Waals surface area contributed by atoms with Gasteiger partial charge in [0.2, 0.25) is 11.8 Å². The van der Waals surface area contributed by atoms with Gasteiger partial charge in [-0.15, -0.1) is 11.8 Å². The van der Waals surface area contributed by atoms with Gasteiger partial charge in [0.15, 0.2) is 9.84 Å². The number of amides is 2. The zero-order chi connectivity index (χ0) is 18.7. The van der Waals surface area contributed by atoms with E-state index in [2.05, 4.69) is 5.32 Å². The van der Waals surface area contributed by atoms with Gasteiger partial charge < -0.3 is 10.2 Å². The van der Waals surface area contributed by atoms with Crippen LogP contribution in [0.25, 0.3) is 0 Å². The van der Waals surface area contributed by atoms with Crippen LogP contribution in [-0.4, -0.2) is 49.2 Å². The smallest absolute Gasteiger partial charge is 0.225 e. The summed E-state index contributed by atoms with van der Waals surface area (Å²) < 4.78 is 25.3. The third-order valence-electron chi connectivity index (χ3n) is 4.68. The molecule has 1 saturated heterocycles. The normalized spacial score (nSPS) is 20.9. The fourth-order valence-electron chi connectivity index (χ4n) is 3.26. The highest BCUT2D eigenvalue weighted by Gasteiger charge is 2.24. The molecule has 0 radical (unpaired) electrons. The van der Waals surface area contributed by atoms with Crippen LogP contribution >= 0.6 is 11.8 Å². The minimum atomic E-state index is -3.58. The SMILES string of the molecule is CC1CC(=O)Nc2cc(S(=O)(=O)CCC(=O)N3CCCCC3)ccc2S1. The van der Waals surface area contributed by atoms with Crippen molar-refractivity contribution in [1.29, 1.82) is 0 Å². The topological polar surface area (TPSA) is 83.5 Å². The molecule has 26 heavy (non-hydrogen) atoms. The lowest BCUT2D eigenvalue weighted by Crippen LogP contribution is -2.36. The Balaban J connectivity index is 1.71. The average Bonchev–Trinajstić information content (AvgIpc) is 2.76. The van der Waals surface area contributed by atoms with Gasteiger partial charge in [0, 0.05) is 36.1 Å². The highest BCUT2D eigenvalue weighted by atomic mass is 32.2. The minimum absolute atomic E-state index is 0.00242. The second-order valence-electron chi connectivity index (χ2n) is 6.85. The van der Waals surface area contributed by atoms with Gasteiger partial charge >= 0.3 is 0 Å². The maximum Gasteiger partial charge on any atom is 0.225 e. The third kappa shape index (κ3) is 4.59. The number of carbonyl (C=O) groups excluding carboxylic acids is 2. The molecule has 0 saturated carbocycles. The van der Waals surface area contributed by atoms with Crippen molar-refractivity contribution in [2.24, 2.45) is 0 Å². The molecule has 1 N–H and O–H groups in total. The highest BCUT2D eigenvalue weighted by Crippen LogP contribution is 2.36. The van der Waals surface area contributed by atoms with E-state index in [0.717, 1.165) is 37.2 Å². The molecule has 1 aromatic rings. The quantitative estimate of drug-likeness (QED) is 0.846. The van der Waals surface area contributed by atoms with Crippen molar-refractivity contribution in [2.75, 3.05) is 24.2 Å². The number of sulfone groups is 1. The first kappa shape index (κ1) is 19.2. The Kier molecular flexibility index (Phi) is 5.92. The van der Waals surface area contributed by atoms with Gasteiger partial charge in [0.1, 0.15) is 0 Å². The summed E-state index contributed by atoms with van der Waals surface area (Å²) in [5, 5.41) is 2.92. The number of thioether (sulfide) groups is 1. The molecule has 0 aromatic heterocycles.